The Morgan fingerprint density at radius 3 is 2.10 bits per heavy atom. The second kappa shape index (κ2) is 8.27. The molecule has 4 amide bonds. The summed E-state index contributed by atoms with van der Waals surface area (Å²) in [7, 11) is 0. The number of hydrogen-bond acceptors (Lipinski definition) is 7. The number of urea groups is 1. The van der Waals surface area contributed by atoms with Gasteiger partial charge in [-0.25, -0.2) is 4.79 Å². The van der Waals surface area contributed by atoms with Gasteiger partial charge in [-0.15, -0.1) is 0 Å². The Morgan fingerprint density at radius 2 is 1.70 bits per heavy atom. The van der Waals surface area contributed by atoms with Crippen LogP contribution in [-0.2, 0) is 9.59 Å². The van der Waals surface area contributed by atoms with Crippen molar-refractivity contribution < 1.29 is 29.7 Å². The number of carbonyl (C=O) groups excluding carboxylic acids is 3. The van der Waals surface area contributed by atoms with E-state index in [9.17, 15) is 24.6 Å². The molecule has 0 spiro atoms. The van der Waals surface area contributed by atoms with Crippen LogP contribution in [0.15, 0.2) is 0 Å². The summed E-state index contributed by atoms with van der Waals surface area (Å²) in [5.74, 6) is -2.13. The molecule has 0 aromatic rings. The zero-order valence-electron chi connectivity index (χ0n) is 10.5. The van der Waals surface area contributed by atoms with E-state index in [1.807, 2.05) is 10.6 Å². The maximum atomic E-state index is 11.6. The third-order valence-corrected chi connectivity index (χ3v) is 2.38. The van der Waals surface area contributed by atoms with E-state index in [4.69, 9.17) is 22.3 Å². The fourth-order valence-corrected chi connectivity index (χ4v) is 1.18. The number of amides is 4. The molecule has 11 N–H and O–H groups in total. The zero-order valence-corrected chi connectivity index (χ0v) is 10.5. The van der Waals surface area contributed by atoms with Gasteiger partial charge in [-0.2, -0.15) is 0 Å². The van der Waals surface area contributed by atoms with Gasteiger partial charge < -0.3 is 43.2 Å². The van der Waals surface area contributed by atoms with Gasteiger partial charge in [0.2, 0.25) is 5.91 Å². The van der Waals surface area contributed by atoms with Crippen molar-refractivity contribution in [3.05, 3.63) is 0 Å². The highest BCUT2D eigenvalue weighted by atomic mass is 16.3. The van der Waals surface area contributed by atoms with Crippen LogP contribution in [0.2, 0.25) is 0 Å². The van der Waals surface area contributed by atoms with Crippen LogP contribution in [-0.4, -0.2) is 70.6 Å². The van der Waals surface area contributed by atoms with Crippen molar-refractivity contribution in [2.45, 2.75) is 24.3 Å². The number of hydrogen-bond donors (Lipinski definition) is 8. The monoisotopic (exact) mass is 293 g/mol. The summed E-state index contributed by atoms with van der Waals surface area (Å²) in [5.41, 5.74) is 15.0. The van der Waals surface area contributed by atoms with Crippen LogP contribution in [0.5, 0.6) is 0 Å². The molecule has 11 nitrogen and oxygen atoms in total. The first-order valence-electron chi connectivity index (χ1n) is 5.56. The smallest absolute Gasteiger partial charge is 0.312 e. The molecule has 11 heteroatoms. The summed E-state index contributed by atoms with van der Waals surface area (Å²) in [5, 5.41) is 31.6. The van der Waals surface area contributed by atoms with Crippen LogP contribution in [0.4, 0.5) is 4.79 Å². The number of nitrogens with two attached hydrogens (primary N) is 3. The number of carbonyl (C=O) groups is 3. The molecule has 0 unspecified atom stereocenters. The zero-order chi connectivity index (χ0) is 15.9. The SMILES string of the molecule is NC(=O)NC[C@H](NC(=O)[C@@H](O)[C@H](O)[C@H](N)CO)C(N)=O. The van der Waals surface area contributed by atoms with Crippen molar-refractivity contribution in [3.63, 3.8) is 0 Å². The van der Waals surface area contributed by atoms with Crippen LogP contribution >= 0.6 is 0 Å². The Kier molecular flexibility index (Phi) is 7.46. The highest BCUT2D eigenvalue weighted by Gasteiger charge is 2.31. The molecular weight excluding hydrogens is 274 g/mol. The van der Waals surface area contributed by atoms with Crippen molar-refractivity contribution in [1.29, 1.82) is 0 Å². The Morgan fingerprint density at radius 1 is 1.15 bits per heavy atom. The van der Waals surface area contributed by atoms with Gasteiger partial charge in [0.25, 0.3) is 5.91 Å². The van der Waals surface area contributed by atoms with E-state index < -0.39 is 48.7 Å². The average molecular weight is 293 g/mol. The highest BCUT2D eigenvalue weighted by molar-refractivity contribution is 5.89. The molecule has 0 aliphatic carbocycles. The van der Waals surface area contributed by atoms with E-state index in [2.05, 4.69) is 0 Å². The lowest BCUT2D eigenvalue weighted by Crippen LogP contribution is -2.57. The number of primary amides is 2. The molecule has 0 rings (SSSR count). The van der Waals surface area contributed by atoms with Crippen LogP contribution in [0, 0.1) is 0 Å². The molecule has 0 aliphatic rings. The Bertz CT molecular complexity index is 365. The molecule has 0 aromatic carbocycles. The van der Waals surface area contributed by atoms with Gasteiger partial charge in [0.05, 0.1) is 12.6 Å². The molecule has 0 fully saturated rings. The standard InChI is InChI=1S/C9H19N5O6/c10-3(2-15)5(16)6(17)8(19)14-4(7(11)18)1-13-9(12)20/h3-6,15-17H,1-2,10H2,(H2,11,18)(H,14,19)(H3,12,13,20)/t3-,4+,5-,6+/m1/s1. The van der Waals surface area contributed by atoms with Crippen LogP contribution in [0.3, 0.4) is 0 Å². The number of rotatable bonds is 8. The fourth-order valence-electron chi connectivity index (χ4n) is 1.18. The van der Waals surface area contributed by atoms with E-state index in [0.717, 1.165) is 0 Å². The van der Waals surface area contributed by atoms with Crippen molar-refractivity contribution >= 4 is 17.8 Å². The van der Waals surface area contributed by atoms with Gasteiger partial charge in [-0.05, 0) is 0 Å². The molecule has 116 valence electrons. The third-order valence-electron chi connectivity index (χ3n) is 2.38. The number of aliphatic hydroxyl groups is 3. The van der Waals surface area contributed by atoms with Crippen molar-refractivity contribution in [2.75, 3.05) is 13.2 Å². The number of nitrogens with one attached hydrogen (secondary N) is 2. The minimum Gasteiger partial charge on any atom is -0.395 e. The number of aliphatic hydroxyl groups excluding tert-OH is 3. The molecular formula is C9H19N5O6. The summed E-state index contributed by atoms with van der Waals surface area (Å²) < 4.78 is 0. The lowest BCUT2D eigenvalue weighted by molar-refractivity contribution is -0.139. The van der Waals surface area contributed by atoms with Gasteiger partial charge in [-0.1, -0.05) is 0 Å². The molecule has 0 saturated carbocycles. The first kappa shape index (κ1) is 18.0. The van der Waals surface area contributed by atoms with Crippen molar-refractivity contribution in [2.24, 2.45) is 17.2 Å². The first-order valence-corrected chi connectivity index (χ1v) is 5.56. The molecule has 0 radical (unpaired) electrons. The van der Waals surface area contributed by atoms with Crippen LogP contribution in [0.1, 0.15) is 0 Å². The first-order chi connectivity index (χ1) is 9.20. The van der Waals surface area contributed by atoms with E-state index in [1.54, 1.807) is 0 Å². The normalized spacial score (nSPS) is 16.6. The summed E-state index contributed by atoms with van der Waals surface area (Å²) >= 11 is 0. The van der Waals surface area contributed by atoms with Crippen molar-refractivity contribution in [1.82, 2.24) is 10.6 Å². The van der Waals surface area contributed by atoms with E-state index in [0.29, 0.717) is 0 Å². The largest absolute Gasteiger partial charge is 0.395 e. The van der Waals surface area contributed by atoms with Gasteiger partial charge >= 0.3 is 6.03 Å². The van der Waals surface area contributed by atoms with Gasteiger partial charge in [0, 0.05) is 6.54 Å². The molecule has 0 aliphatic heterocycles. The molecule has 0 saturated heterocycles. The Balaban J connectivity index is 4.59. The predicted octanol–water partition coefficient (Wildman–Crippen LogP) is -5.33. The second-order valence-electron chi connectivity index (χ2n) is 3.99. The highest BCUT2D eigenvalue weighted by Crippen LogP contribution is 1.99. The van der Waals surface area contributed by atoms with Gasteiger partial charge in [-0.3, -0.25) is 9.59 Å². The molecule has 0 aromatic heterocycles. The van der Waals surface area contributed by atoms with E-state index in [-0.39, 0.29) is 6.54 Å². The minimum atomic E-state index is -1.98. The molecule has 20 heavy (non-hydrogen) atoms. The van der Waals surface area contributed by atoms with Gasteiger partial charge in [0.1, 0.15) is 12.1 Å². The van der Waals surface area contributed by atoms with Gasteiger partial charge in [0.15, 0.2) is 6.10 Å². The summed E-state index contributed by atoms with van der Waals surface area (Å²) in [6.07, 6.45) is -3.72. The Labute approximate surface area is 114 Å². The Hall–Kier alpha value is -1.95. The van der Waals surface area contributed by atoms with E-state index >= 15 is 0 Å². The molecule has 0 heterocycles. The summed E-state index contributed by atoms with van der Waals surface area (Å²) in [6, 6.07) is -3.51. The predicted molar refractivity (Wildman–Crippen MR) is 65.8 cm³/mol. The topological polar surface area (TPSA) is 214 Å². The lowest BCUT2D eigenvalue weighted by atomic mass is 10.1. The molecule has 4 atom stereocenters. The third kappa shape index (κ3) is 5.79. The average Bonchev–Trinajstić information content (AvgIpc) is 2.39. The molecule has 0 bridgehead atoms. The second-order valence-corrected chi connectivity index (χ2v) is 3.99. The quantitative estimate of drug-likeness (QED) is 0.217. The maximum absolute atomic E-state index is 11.6. The van der Waals surface area contributed by atoms with E-state index in [1.165, 1.54) is 0 Å². The fraction of sp³-hybridized carbons (Fsp3) is 0.667. The van der Waals surface area contributed by atoms with Crippen LogP contribution < -0.4 is 27.8 Å². The summed E-state index contributed by atoms with van der Waals surface area (Å²) in [4.78, 5) is 33.1. The summed E-state index contributed by atoms with van der Waals surface area (Å²) in [6.45, 7) is -1.04. The maximum Gasteiger partial charge on any atom is 0.312 e. The minimum absolute atomic E-state index is 0.384. The van der Waals surface area contributed by atoms with Crippen LogP contribution in [0.25, 0.3) is 0 Å². The lowest BCUT2D eigenvalue weighted by Gasteiger charge is -2.23. The van der Waals surface area contributed by atoms with Crippen molar-refractivity contribution in [3.8, 4) is 0 Å².